The van der Waals surface area contributed by atoms with Crippen LogP contribution in [0.1, 0.15) is 59.3 Å². The zero-order valence-corrected chi connectivity index (χ0v) is 14.8. The molecule has 136 valence electrons. The van der Waals surface area contributed by atoms with Crippen LogP contribution in [-0.2, 0) is 19.1 Å². The van der Waals surface area contributed by atoms with Gasteiger partial charge in [-0.3, -0.25) is 14.5 Å². The van der Waals surface area contributed by atoms with E-state index in [2.05, 4.69) is 5.32 Å². The van der Waals surface area contributed by atoms with Crippen LogP contribution in [0.25, 0.3) is 0 Å². The molecule has 0 bridgehead atoms. The molecule has 0 aromatic heterocycles. The summed E-state index contributed by atoms with van der Waals surface area (Å²) in [5.74, 6) is -0.773. The molecular weight excluding hydrogens is 312 g/mol. The molecule has 1 aliphatic heterocycles. The van der Waals surface area contributed by atoms with Crippen molar-refractivity contribution in [3.63, 3.8) is 0 Å². The van der Waals surface area contributed by atoms with Gasteiger partial charge in [-0.1, -0.05) is 6.42 Å². The lowest BCUT2D eigenvalue weighted by molar-refractivity contribution is -0.154. The highest BCUT2D eigenvalue weighted by Gasteiger charge is 2.37. The molecule has 0 spiro atoms. The number of amides is 2. The Balaban J connectivity index is 1.96. The Morgan fingerprint density at radius 1 is 1.21 bits per heavy atom. The third-order valence-corrected chi connectivity index (χ3v) is 4.17. The summed E-state index contributed by atoms with van der Waals surface area (Å²) in [7, 11) is 0. The molecule has 1 saturated heterocycles. The number of hydrogen-bond acceptors (Lipinski definition) is 5. The predicted octanol–water partition coefficient (Wildman–Crippen LogP) is 1.99. The van der Waals surface area contributed by atoms with Gasteiger partial charge in [-0.05, 0) is 46.5 Å². The van der Waals surface area contributed by atoms with E-state index >= 15 is 0 Å². The summed E-state index contributed by atoms with van der Waals surface area (Å²) in [6.45, 7) is 5.97. The van der Waals surface area contributed by atoms with E-state index in [1.54, 1.807) is 20.8 Å². The number of carbonyl (C=O) groups excluding carboxylic acids is 3. The fourth-order valence-electron chi connectivity index (χ4n) is 3.03. The monoisotopic (exact) mass is 340 g/mol. The van der Waals surface area contributed by atoms with Gasteiger partial charge < -0.3 is 14.8 Å². The van der Waals surface area contributed by atoms with E-state index in [4.69, 9.17) is 9.47 Å². The number of carbonyl (C=O) groups is 3. The molecule has 24 heavy (non-hydrogen) atoms. The van der Waals surface area contributed by atoms with Gasteiger partial charge in [0.05, 0.1) is 6.42 Å². The molecule has 2 rings (SSSR count). The van der Waals surface area contributed by atoms with E-state index in [-0.39, 0.29) is 18.4 Å². The van der Waals surface area contributed by atoms with Crippen molar-refractivity contribution in [3.8, 4) is 0 Å². The van der Waals surface area contributed by atoms with Gasteiger partial charge in [-0.25, -0.2) is 4.79 Å². The molecule has 0 unspecified atom stereocenters. The summed E-state index contributed by atoms with van der Waals surface area (Å²) in [4.78, 5) is 38.0. The Morgan fingerprint density at radius 2 is 1.88 bits per heavy atom. The normalized spacial score (nSPS) is 22.7. The summed E-state index contributed by atoms with van der Waals surface area (Å²) in [5.41, 5.74) is -0.655. The number of nitrogens with one attached hydrogen (secondary N) is 1. The molecule has 7 nitrogen and oxygen atoms in total. The number of ether oxygens (including phenoxy) is 2. The minimum Gasteiger partial charge on any atom is -0.462 e. The summed E-state index contributed by atoms with van der Waals surface area (Å²) in [6.07, 6.45) is 4.27. The largest absolute Gasteiger partial charge is 0.462 e. The average molecular weight is 340 g/mol. The number of piperazine rings is 1. The van der Waals surface area contributed by atoms with Crippen LogP contribution >= 0.6 is 0 Å². The topological polar surface area (TPSA) is 84.9 Å². The number of hydrogen-bond donors (Lipinski definition) is 1. The Labute approximate surface area is 143 Å². The van der Waals surface area contributed by atoms with Gasteiger partial charge in [0, 0.05) is 13.1 Å². The predicted molar refractivity (Wildman–Crippen MR) is 87.3 cm³/mol. The zero-order chi connectivity index (χ0) is 17.7. The van der Waals surface area contributed by atoms with Crippen molar-refractivity contribution in [2.75, 3.05) is 13.1 Å². The van der Waals surface area contributed by atoms with E-state index in [9.17, 15) is 14.4 Å². The summed E-state index contributed by atoms with van der Waals surface area (Å²) >= 11 is 0. The van der Waals surface area contributed by atoms with Crippen LogP contribution in [0, 0.1) is 0 Å². The molecule has 2 aliphatic rings. The molecule has 0 radical (unpaired) electrons. The number of esters is 1. The molecule has 1 atom stereocenters. The van der Waals surface area contributed by atoms with Crippen molar-refractivity contribution in [1.82, 2.24) is 10.2 Å². The van der Waals surface area contributed by atoms with Gasteiger partial charge in [-0.2, -0.15) is 0 Å². The SMILES string of the molecule is CC(C)(C)OC(=O)N1CCNC(=O)[C@H]1CC(=O)OC1CCCCC1. The van der Waals surface area contributed by atoms with E-state index < -0.39 is 23.7 Å². The van der Waals surface area contributed by atoms with Crippen LogP contribution in [-0.4, -0.2) is 53.7 Å². The highest BCUT2D eigenvalue weighted by atomic mass is 16.6. The van der Waals surface area contributed by atoms with E-state index in [1.165, 1.54) is 11.3 Å². The maximum absolute atomic E-state index is 12.3. The third kappa shape index (κ3) is 5.39. The second-order valence-corrected chi connectivity index (χ2v) is 7.43. The molecule has 1 saturated carbocycles. The van der Waals surface area contributed by atoms with Crippen molar-refractivity contribution in [3.05, 3.63) is 0 Å². The second-order valence-electron chi connectivity index (χ2n) is 7.43. The molecular formula is C17H28N2O5. The first-order valence-electron chi connectivity index (χ1n) is 8.73. The first-order valence-corrected chi connectivity index (χ1v) is 8.73. The Bertz CT molecular complexity index is 480. The smallest absolute Gasteiger partial charge is 0.411 e. The minimum atomic E-state index is -0.871. The minimum absolute atomic E-state index is 0.0621. The molecule has 7 heteroatoms. The van der Waals surface area contributed by atoms with Crippen LogP contribution < -0.4 is 5.32 Å². The lowest BCUT2D eigenvalue weighted by atomic mass is 9.98. The van der Waals surface area contributed by atoms with Crippen molar-refractivity contribution in [1.29, 1.82) is 0 Å². The van der Waals surface area contributed by atoms with Crippen LogP contribution in [0.3, 0.4) is 0 Å². The number of nitrogens with zero attached hydrogens (tertiary/aromatic N) is 1. The maximum Gasteiger partial charge on any atom is 0.411 e. The summed E-state index contributed by atoms with van der Waals surface area (Å²) in [5, 5.41) is 2.69. The fraction of sp³-hybridized carbons (Fsp3) is 0.824. The maximum atomic E-state index is 12.3. The zero-order valence-electron chi connectivity index (χ0n) is 14.8. The van der Waals surface area contributed by atoms with Crippen LogP contribution in [0.15, 0.2) is 0 Å². The third-order valence-electron chi connectivity index (χ3n) is 4.17. The van der Waals surface area contributed by atoms with E-state index in [1.807, 2.05) is 0 Å². The van der Waals surface area contributed by atoms with Gasteiger partial charge in [0.1, 0.15) is 17.7 Å². The quantitative estimate of drug-likeness (QED) is 0.794. The summed E-state index contributed by atoms with van der Waals surface area (Å²) < 4.78 is 10.8. The van der Waals surface area contributed by atoms with E-state index in [0.717, 1.165) is 25.7 Å². The first kappa shape index (κ1) is 18.5. The highest BCUT2D eigenvalue weighted by molar-refractivity contribution is 5.90. The highest BCUT2D eigenvalue weighted by Crippen LogP contribution is 2.22. The van der Waals surface area contributed by atoms with Gasteiger partial charge in [0.15, 0.2) is 0 Å². The van der Waals surface area contributed by atoms with Gasteiger partial charge in [0.25, 0.3) is 0 Å². The van der Waals surface area contributed by atoms with Crippen molar-refractivity contribution in [2.24, 2.45) is 0 Å². The number of rotatable bonds is 3. The van der Waals surface area contributed by atoms with Crippen LogP contribution in [0.2, 0.25) is 0 Å². The van der Waals surface area contributed by atoms with Gasteiger partial charge in [-0.15, -0.1) is 0 Å². The lowest BCUT2D eigenvalue weighted by Crippen LogP contribution is -2.58. The molecule has 0 aromatic rings. The molecule has 1 N–H and O–H groups in total. The van der Waals surface area contributed by atoms with Crippen LogP contribution in [0.5, 0.6) is 0 Å². The standard InChI is InChI=1S/C17H28N2O5/c1-17(2,3)24-16(22)19-10-9-18-15(21)13(19)11-14(20)23-12-7-5-4-6-8-12/h12-13H,4-11H2,1-3H3,(H,18,21)/t13-/m1/s1. The second kappa shape index (κ2) is 7.85. The van der Waals surface area contributed by atoms with Gasteiger partial charge >= 0.3 is 12.1 Å². The summed E-state index contributed by atoms with van der Waals surface area (Å²) in [6, 6.07) is -0.871. The molecule has 0 aromatic carbocycles. The lowest BCUT2D eigenvalue weighted by Gasteiger charge is -2.35. The average Bonchev–Trinajstić information content (AvgIpc) is 2.48. The van der Waals surface area contributed by atoms with Gasteiger partial charge in [0.2, 0.25) is 5.91 Å². The Hall–Kier alpha value is -1.79. The Kier molecular flexibility index (Phi) is 6.07. The molecule has 2 amide bonds. The van der Waals surface area contributed by atoms with Crippen molar-refractivity contribution in [2.45, 2.75) is 77.0 Å². The molecule has 1 heterocycles. The van der Waals surface area contributed by atoms with Crippen LogP contribution in [0.4, 0.5) is 4.79 Å². The Morgan fingerprint density at radius 3 is 2.50 bits per heavy atom. The van der Waals surface area contributed by atoms with Crippen molar-refractivity contribution >= 4 is 18.0 Å². The fourth-order valence-corrected chi connectivity index (χ4v) is 3.03. The van der Waals surface area contributed by atoms with E-state index in [0.29, 0.717) is 13.1 Å². The molecule has 2 fully saturated rings. The molecule has 1 aliphatic carbocycles. The first-order chi connectivity index (χ1) is 11.3. The van der Waals surface area contributed by atoms with Crippen molar-refractivity contribution < 1.29 is 23.9 Å².